The summed E-state index contributed by atoms with van der Waals surface area (Å²) in [6, 6.07) is 0.333. The smallest absolute Gasteiger partial charge is 0.211 e. The molecule has 1 saturated heterocycles. The molecule has 2 aliphatic rings. The van der Waals surface area contributed by atoms with Gasteiger partial charge in [-0.2, -0.15) is 0 Å². The molecule has 18 heavy (non-hydrogen) atoms. The molecule has 0 aromatic rings. The van der Waals surface area contributed by atoms with Crippen LogP contribution in [0.2, 0.25) is 0 Å². The highest BCUT2D eigenvalue weighted by Gasteiger charge is 2.22. The molecule has 2 fully saturated rings. The topological polar surface area (TPSA) is 58.2 Å². The standard InChI is InChI=1S/C13H26N2O2S/c16-18(17,11-12-6-2-1-3-7-12)15-10-13-8-4-5-9-14-13/h12-15H,1-11H2. The van der Waals surface area contributed by atoms with Gasteiger partial charge in [-0.1, -0.05) is 25.7 Å². The zero-order valence-electron chi connectivity index (χ0n) is 11.2. The second kappa shape index (κ2) is 6.87. The largest absolute Gasteiger partial charge is 0.313 e. The highest BCUT2D eigenvalue weighted by Crippen LogP contribution is 2.24. The molecule has 2 N–H and O–H groups in total. The van der Waals surface area contributed by atoms with Crippen LogP contribution in [-0.2, 0) is 10.0 Å². The highest BCUT2D eigenvalue weighted by atomic mass is 32.2. The summed E-state index contributed by atoms with van der Waals surface area (Å²) in [6.45, 7) is 1.59. The van der Waals surface area contributed by atoms with Crippen LogP contribution in [0.3, 0.4) is 0 Å². The molecule has 1 unspecified atom stereocenters. The third-order valence-corrected chi connectivity index (χ3v) is 5.66. The number of hydrogen-bond donors (Lipinski definition) is 2. The van der Waals surface area contributed by atoms with E-state index in [1.807, 2.05) is 0 Å². The van der Waals surface area contributed by atoms with Crippen LogP contribution in [0.4, 0.5) is 0 Å². The Labute approximate surface area is 111 Å². The van der Waals surface area contributed by atoms with Crippen molar-refractivity contribution in [3.8, 4) is 0 Å². The van der Waals surface area contributed by atoms with Crippen molar-refractivity contribution in [3.05, 3.63) is 0 Å². The van der Waals surface area contributed by atoms with Gasteiger partial charge >= 0.3 is 0 Å². The fourth-order valence-electron chi connectivity index (χ4n) is 3.05. The van der Waals surface area contributed by atoms with Crippen molar-refractivity contribution in [2.24, 2.45) is 5.92 Å². The molecular formula is C13H26N2O2S. The van der Waals surface area contributed by atoms with Crippen molar-refractivity contribution in [1.82, 2.24) is 10.0 Å². The average molecular weight is 274 g/mol. The predicted molar refractivity (Wildman–Crippen MR) is 74.0 cm³/mol. The van der Waals surface area contributed by atoms with E-state index in [-0.39, 0.29) is 0 Å². The summed E-state index contributed by atoms with van der Waals surface area (Å²) in [5, 5.41) is 3.37. The van der Waals surface area contributed by atoms with Gasteiger partial charge in [0.2, 0.25) is 10.0 Å². The fraction of sp³-hybridized carbons (Fsp3) is 1.00. The molecule has 0 amide bonds. The third-order valence-electron chi connectivity index (χ3n) is 4.14. The van der Waals surface area contributed by atoms with Crippen molar-refractivity contribution in [2.45, 2.75) is 57.4 Å². The molecule has 0 aromatic carbocycles. The van der Waals surface area contributed by atoms with E-state index < -0.39 is 10.0 Å². The minimum atomic E-state index is -3.07. The van der Waals surface area contributed by atoms with E-state index in [2.05, 4.69) is 10.0 Å². The number of rotatable bonds is 5. The Morgan fingerprint density at radius 3 is 2.39 bits per heavy atom. The summed E-state index contributed by atoms with van der Waals surface area (Å²) < 4.78 is 26.8. The molecule has 5 heteroatoms. The minimum Gasteiger partial charge on any atom is -0.313 e. The summed E-state index contributed by atoms with van der Waals surface area (Å²) in [4.78, 5) is 0. The molecule has 1 aliphatic carbocycles. The van der Waals surface area contributed by atoms with Gasteiger partial charge in [0, 0.05) is 12.6 Å². The summed E-state index contributed by atoms with van der Waals surface area (Å²) in [6.07, 6.45) is 9.36. The van der Waals surface area contributed by atoms with Crippen LogP contribution in [0.25, 0.3) is 0 Å². The molecule has 1 saturated carbocycles. The van der Waals surface area contributed by atoms with E-state index in [9.17, 15) is 8.42 Å². The maximum atomic E-state index is 12.0. The Kier molecular flexibility index (Phi) is 5.45. The lowest BCUT2D eigenvalue weighted by atomic mass is 9.91. The van der Waals surface area contributed by atoms with Crippen molar-refractivity contribution in [1.29, 1.82) is 0 Å². The minimum absolute atomic E-state index is 0.333. The summed E-state index contributed by atoms with van der Waals surface area (Å²) in [7, 11) is -3.07. The van der Waals surface area contributed by atoms with Crippen molar-refractivity contribution >= 4 is 10.0 Å². The lowest BCUT2D eigenvalue weighted by Crippen LogP contribution is -2.44. The van der Waals surface area contributed by atoms with E-state index in [1.54, 1.807) is 0 Å². The molecule has 4 nitrogen and oxygen atoms in total. The molecular weight excluding hydrogens is 248 g/mol. The molecule has 0 bridgehead atoms. The fourth-order valence-corrected chi connectivity index (χ4v) is 4.58. The predicted octanol–water partition coefficient (Wildman–Crippen LogP) is 1.63. The lowest BCUT2D eigenvalue weighted by molar-refractivity contribution is 0.379. The molecule has 1 atom stereocenters. The van der Waals surface area contributed by atoms with Crippen LogP contribution >= 0.6 is 0 Å². The first kappa shape index (κ1) is 14.3. The van der Waals surface area contributed by atoms with E-state index >= 15 is 0 Å². The van der Waals surface area contributed by atoms with E-state index in [1.165, 1.54) is 32.1 Å². The zero-order chi connectivity index (χ0) is 12.8. The van der Waals surface area contributed by atoms with Gasteiger partial charge in [-0.15, -0.1) is 0 Å². The maximum absolute atomic E-state index is 12.0. The number of sulfonamides is 1. The van der Waals surface area contributed by atoms with Gasteiger partial charge in [-0.3, -0.25) is 0 Å². The third kappa shape index (κ3) is 4.86. The molecule has 1 aliphatic heterocycles. The highest BCUT2D eigenvalue weighted by molar-refractivity contribution is 7.89. The van der Waals surface area contributed by atoms with Gasteiger partial charge in [-0.25, -0.2) is 13.1 Å². The Bertz CT molecular complexity index is 331. The van der Waals surface area contributed by atoms with E-state index in [0.29, 0.717) is 24.3 Å². The Morgan fingerprint density at radius 1 is 1.00 bits per heavy atom. The van der Waals surface area contributed by atoms with Crippen molar-refractivity contribution < 1.29 is 8.42 Å². The van der Waals surface area contributed by atoms with Crippen LogP contribution < -0.4 is 10.0 Å². The van der Waals surface area contributed by atoms with Gasteiger partial charge in [0.05, 0.1) is 5.75 Å². The van der Waals surface area contributed by atoms with Crippen LogP contribution in [0.5, 0.6) is 0 Å². The van der Waals surface area contributed by atoms with E-state index in [4.69, 9.17) is 0 Å². The second-order valence-corrected chi connectivity index (χ2v) is 7.63. The number of hydrogen-bond acceptors (Lipinski definition) is 3. The van der Waals surface area contributed by atoms with E-state index in [0.717, 1.165) is 25.8 Å². The quantitative estimate of drug-likeness (QED) is 0.801. The Balaban J connectivity index is 1.72. The summed E-state index contributed by atoms with van der Waals surface area (Å²) in [5.74, 6) is 0.718. The first-order valence-electron chi connectivity index (χ1n) is 7.36. The maximum Gasteiger partial charge on any atom is 0.211 e. The summed E-state index contributed by atoms with van der Waals surface area (Å²) in [5.41, 5.74) is 0. The van der Waals surface area contributed by atoms with Crippen LogP contribution in [0.15, 0.2) is 0 Å². The first-order chi connectivity index (χ1) is 8.66. The van der Waals surface area contributed by atoms with Gasteiger partial charge in [0.1, 0.15) is 0 Å². The zero-order valence-corrected chi connectivity index (χ0v) is 12.0. The molecule has 0 spiro atoms. The average Bonchev–Trinajstić information content (AvgIpc) is 2.38. The Morgan fingerprint density at radius 2 is 1.72 bits per heavy atom. The second-order valence-electron chi connectivity index (χ2n) is 5.78. The SMILES string of the molecule is O=S(=O)(CC1CCCCC1)NCC1CCCCN1. The monoisotopic (exact) mass is 274 g/mol. The molecule has 0 aromatic heterocycles. The van der Waals surface area contributed by atoms with Gasteiger partial charge in [-0.05, 0) is 38.1 Å². The lowest BCUT2D eigenvalue weighted by Gasteiger charge is -2.25. The Hall–Kier alpha value is -0.130. The van der Waals surface area contributed by atoms with Crippen LogP contribution in [0.1, 0.15) is 51.4 Å². The first-order valence-corrected chi connectivity index (χ1v) is 9.02. The number of nitrogens with one attached hydrogen (secondary N) is 2. The normalized spacial score (nSPS) is 27.2. The molecule has 0 radical (unpaired) electrons. The van der Waals surface area contributed by atoms with Gasteiger partial charge in [0.15, 0.2) is 0 Å². The number of piperidine rings is 1. The summed E-state index contributed by atoms with van der Waals surface area (Å²) >= 11 is 0. The van der Waals surface area contributed by atoms with Crippen LogP contribution in [0, 0.1) is 5.92 Å². The van der Waals surface area contributed by atoms with Gasteiger partial charge < -0.3 is 5.32 Å². The van der Waals surface area contributed by atoms with Crippen molar-refractivity contribution in [3.63, 3.8) is 0 Å². The van der Waals surface area contributed by atoms with Crippen molar-refractivity contribution in [2.75, 3.05) is 18.8 Å². The molecule has 1 heterocycles. The van der Waals surface area contributed by atoms with Gasteiger partial charge in [0.25, 0.3) is 0 Å². The molecule has 106 valence electrons. The van der Waals surface area contributed by atoms with Crippen LogP contribution in [-0.4, -0.2) is 33.3 Å². The molecule has 2 rings (SSSR count).